The van der Waals surface area contributed by atoms with Crippen molar-refractivity contribution in [3.8, 4) is 11.4 Å². The molecule has 170 valence electrons. The third kappa shape index (κ3) is 3.22. The molecule has 4 heterocycles. The Balaban J connectivity index is 1.70. The summed E-state index contributed by atoms with van der Waals surface area (Å²) in [5, 5.41) is 12.2. The number of ether oxygens (including phenoxy) is 1. The van der Waals surface area contributed by atoms with Gasteiger partial charge in [-0.3, -0.25) is 9.59 Å². The van der Waals surface area contributed by atoms with Crippen molar-refractivity contribution in [2.75, 3.05) is 0 Å². The number of aromatic nitrogens is 2. The zero-order valence-electron chi connectivity index (χ0n) is 18.8. The van der Waals surface area contributed by atoms with Gasteiger partial charge in [-0.15, -0.1) is 0 Å². The first-order valence-electron chi connectivity index (χ1n) is 11.5. The van der Waals surface area contributed by atoms with Gasteiger partial charge in [0.15, 0.2) is 17.5 Å². The Morgan fingerprint density at radius 2 is 2.00 bits per heavy atom. The van der Waals surface area contributed by atoms with E-state index in [0.717, 1.165) is 29.3 Å². The fourth-order valence-corrected chi connectivity index (χ4v) is 4.90. The zero-order valence-corrected chi connectivity index (χ0v) is 18.8. The van der Waals surface area contributed by atoms with E-state index in [1.807, 2.05) is 37.3 Å². The monoisotopic (exact) mass is 446 g/mol. The minimum atomic E-state index is -1.98. The number of para-hydroxylation sites is 1. The number of hydrogen-bond donors (Lipinski definition) is 1. The van der Waals surface area contributed by atoms with Crippen LogP contribution >= 0.6 is 0 Å². The molecule has 7 heteroatoms. The molecule has 2 aliphatic heterocycles. The van der Waals surface area contributed by atoms with Crippen LogP contribution < -0.4 is 5.56 Å². The summed E-state index contributed by atoms with van der Waals surface area (Å²) in [6.07, 6.45) is 1.42. The molecule has 0 saturated carbocycles. The molecular weight excluding hydrogens is 420 g/mol. The lowest BCUT2D eigenvalue weighted by atomic mass is 9.82. The Bertz CT molecular complexity index is 1360. The molecule has 0 bridgehead atoms. The van der Waals surface area contributed by atoms with E-state index in [0.29, 0.717) is 24.4 Å². The van der Waals surface area contributed by atoms with Crippen molar-refractivity contribution in [1.29, 1.82) is 0 Å². The Morgan fingerprint density at radius 1 is 1.21 bits per heavy atom. The summed E-state index contributed by atoms with van der Waals surface area (Å²) in [7, 11) is 0. The molecule has 0 aliphatic carbocycles. The first-order valence-corrected chi connectivity index (χ1v) is 11.5. The van der Waals surface area contributed by atoms with Crippen LogP contribution in [-0.2, 0) is 26.5 Å². The number of benzene rings is 1. The van der Waals surface area contributed by atoms with E-state index in [1.165, 1.54) is 0 Å². The number of carbonyl (C=O) groups is 2. The number of cyclic esters (lactones) is 1. The molecule has 0 saturated heterocycles. The van der Waals surface area contributed by atoms with Gasteiger partial charge in [-0.1, -0.05) is 44.9 Å². The average Bonchev–Trinajstić information content (AvgIpc) is 3.18. The van der Waals surface area contributed by atoms with Gasteiger partial charge in [0.2, 0.25) is 0 Å². The maximum atomic E-state index is 13.7. The summed E-state index contributed by atoms with van der Waals surface area (Å²) in [4.78, 5) is 44.3. The number of hydrogen-bond acceptors (Lipinski definition) is 6. The van der Waals surface area contributed by atoms with Gasteiger partial charge in [0.05, 0.1) is 29.0 Å². The number of carbonyl (C=O) groups excluding carboxylic acids is 2. The topological polar surface area (TPSA) is 98.5 Å². The summed E-state index contributed by atoms with van der Waals surface area (Å²) >= 11 is 0. The molecule has 1 unspecified atom stereocenters. The molecule has 7 nitrogen and oxygen atoms in total. The quantitative estimate of drug-likeness (QED) is 0.358. The molecule has 3 aromatic rings. The number of unbranched alkanes of at least 4 members (excludes halogenated alkanes) is 2. The number of esters is 1. The molecular formula is C26H26N2O5. The molecule has 33 heavy (non-hydrogen) atoms. The van der Waals surface area contributed by atoms with Gasteiger partial charge in [-0.25, -0.2) is 9.78 Å². The van der Waals surface area contributed by atoms with Crippen molar-refractivity contribution < 1.29 is 19.4 Å². The Kier molecular flexibility index (Phi) is 5.16. The molecule has 1 aromatic carbocycles. The van der Waals surface area contributed by atoms with Gasteiger partial charge >= 0.3 is 5.97 Å². The van der Waals surface area contributed by atoms with E-state index in [1.54, 1.807) is 17.6 Å². The molecule has 2 aromatic heterocycles. The molecule has 0 fully saturated rings. The summed E-state index contributed by atoms with van der Waals surface area (Å²) in [6, 6.07) is 11.4. The standard InChI is InChI=1S/C26H26N2O5/c1-3-5-6-11-20(29)23-21-17(26(32,4-2)25(31)33-23)13-19-22-16(14-28(19)24(21)30)12-15-9-7-8-10-18(15)27-22/h7-10,12-13,23,32H,3-6,11,14H2,1-2H3/t23?,26-/m0/s1. The minimum absolute atomic E-state index is 0.0243. The second-order valence-electron chi connectivity index (χ2n) is 8.86. The number of rotatable bonds is 6. The minimum Gasteiger partial charge on any atom is -0.447 e. The van der Waals surface area contributed by atoms with Gasteiger partial charge in [0, 0.05) is 22.9 Å². The highest BCUT2D eigenvalue weighted by atomic mass is 16.6. The lowest BCUT2D eigenvalue weighted by molar-refractivity contribution is -0.180. The Morgan fingerprint density at radius 3 is 2.76 bits per heavy atom. The fourth-order valence-electron chi connectivity index (χ4n) is 4.90. The predicted octanol–water partition coefficient (Wildman–Crippen LogP) is 3.77. The number of ketones is 1. The van der Waals surface area contributed by atoms with Crippen LogP contribution in [0.1, 0.15) is 68.7 Å². The number of pyridine rings is 2. The number of aliphatic hydroxyl groups is 1. The third-order valence-corrected chi connectivity index (χ3v) is 6.81. The molecule has 5 rings (SSSR count). The molecule has 0 amide bonds. The number of fused-ring (bicyclic) bond motifs is 5. The van der Waals surface area contributed by atoms with Gasteiger partial charge in [-0.2, -0.15) is 0 Å². The molecule has 1 N–H and O–H groups in total. The van der Waals surface area contributed by atoms with Crippen LogP contribution in [0.3, 0.4) is 0 Å². The van der Waals surface area contributed by atoms with Crippen LogP contribution in [0.15, 0.2) is 41.2 Å². The number of nitrogens with zero attached hydrogens (tertiary/aromatic N) is 2. The summed E-state index contributed by atoms with van der Waals surface area (Å²) in [5.74, 6) is -1.20. The van der Waals surface area contributed by atoms with Crippen molar-refractivity contribution in [3.05, 3.63) is 63.4 Å². The van der Waals surface area contributed by atoms with Crippen LogP contribution in [0.2, 0.25) is 0 Å². The maximum absolute atomic E-state index is 13.7. The van der Waals surface area contributed by atoms with Crippen LogP contribution in [0.4, 0.5) is 0 Å². The van der Waals surface area contributed by atoms with Crippen LogP contribution in [-0.4, -0.2) is 26.4 Å². The molecule has 2 aliphatic rings. The van der Waals surface area contributed by atoms with E-state index in [2.05, 4.69) is 0 Å². The highest BCUT2D eigenvalue weighted by Crippen LogP contribution is 2.42. The van der Waals surface area contributed by atoms with Gasteiger partial charge in [-0.05, 0) is 31.0 Å². The molecule has 2 atom stereocenters. The average molecular weight is 447 g/mol. The van der Waals surface area contributed by atoms with Crippen molar-refractivity contribution in [2.45, 2.75) is 64.2 Å². The smallest absolute Gasteiger partial charge is 0.343 e. The van der Waals surface area contributed by atoms with Crippen molar-refractivity contribution in [1.82, 2.24) is 9.55 Å². The van der Waals surface area contributed by atoms with Crippen LogP contribution in [0.5, 0.6) is 0 Å². The number of Topliss-reactive ketones (excluding diaryl/α,β-unsaturated/α-hetero) is 1. The Hall–Kier alpha value is -3.32. The van der Waals surface area contributed by atoms with Crippen LogP contribution in [0, 0.1) is 0 Å². The maximum Gasteiger partial charge on any atom is 0.343 e. The lowest BCUT2D eigenvalue weighted by Gasteiger charge is -2.35. The summed E-state index contributed by atoms with van der Waals surface area (Å²) < 4.78 is 6.99. The first kappa shape index (κ1) is 21.5. The fraction of sp³-hybridized carbons (Fsp3) is 0.385. The van der Waals surface area contributed by atoms with Crippen molar-refractivity contribution in [2.24, 2.45) is 0 Å². The third-order valence-electron chi connectivity index (χ3n) is 6.81. The van der Waals surface area contributed by atoms with E-state index >= 15 is 0 Å². The molecule has 0 radical (unpaired) electrons. The van der Waals surface area contributed by atoms with Gasteiger partial charge in [0.1, 0.15) is 0 Å². The Labute approximate surface area is 191 Å². The summed E-state index contributed by atoms with van der Waals surface area (Å²) in [6.45, 7) is 4.00. The zero-order chi connectivity index (χ0) is 23.3. The largest absolute Gasteiger partial charge is 0.447 e. The van der Waals surface area contributed by atoms with Gasteiger partial charge in [0.25, 0.3) is 5.56 Å². The second kappa shape index (κ2) is 7.92. The SMILES string of the molecule is CCCCCC(=O)C1OC(=O)[C@](O)(CC)c2cc3n(c(=O)c21)Cc1cc2ccccc2nc1-3. The summed E-state index contributed by atoms with van der Waals surface area (Å²) in [5.41, 5.74) is 0.697. The van der Waals surface area contributed by atoms with E-state index < -0.39 is 23.2 Å². The highest BCUT2D eigenvalue weighted by molar-refractivity contribution is 5.93. The van der Waals surface area contributed by atoms with E-state index in [9.17, 15) is 19.5 Å². The van der Waals surface area contributed by atoms with Crippen molar-refractivity contribution in [3.63, 3.8) is 0 Å². The first-order chi connectivity index (χ1) is 15.9. The van der Waals surface area contributed by atoms with Crippen molar-refractivity contribution >= 4 is 22.7 Å². The van der Waals surface area contributed by atoms with Gasteiger partial charge < -0.3 is 14.4 Å². The van der Waals surface area contributed by atoms with E-state index in [4.69, 9.17) is 9.72 Å². The lowest BCUT2D eigenvalue weighted by Crippen LogP contribution is -2.47. The predicted molar refractivity (Wildman–Crippen MR) is 123 cm³/mol. The van der Waals surface area contributed by atoms with E-state index in [-0.39, 0.29) is 29.8 Å². The molecule has 0 spiro atoms. The van der Waals surface area contributed by atoms with Crippen LogP contribution in [0.25, 0.3) is 22.3 Å². The normalized spacial score (nSPS) is 20.8. The highest BCUT2D eigenvalue weighted by Gasteiger charge is 2.50. The second-order valence-corrected chi connectivity index (χ2v) is 8.86.